The standard InChI is InChI=1S/C18H24N2O/c1-5-18(3,4)15-8-10-16(11-9-15)21-17-14(12-19)7-6-13(2)20-17/h6-11H,5,12,19H2,1-4H3. The molecule has 0 bridgehead atoms. The zero-order valence-corrected chi connectivity index (χ0v) is 13.3. The number of hydrogen-bond donors (Lipinski definition) is 1. The minimum atomic E-state index is 0.183. The Morgan fingerprint density at radius 2 is 1.76 bits per heavy atom. The van der Waals surface area contributed by atoms with Crippen LogP contribution in [-0.2, 0) is 12.0 Å². The molecule has 0 radical (unpaired) electrons. The molecule has 0 atom stereocenters. The fourth-order valence-electron chi connectivity index (χ4n) is 2.10. The topological polar surface area (TPSA) is 48.1 Å². The van der Waals surface area contributed by atoms with E-state index in [1.807, 2.05) is 31.2 Å². The van der Waals surface area contributed by atoms with Gasteiger partial charge < -0.3 is 10.5 Å². The molecule has 0 amide bonds. The van der Waals surface area contributed by atoms with Crippen molar-refractivity contribution < 1.29 is 4.74 Å². The molecule has 0 spiro atoms. The number of pyridine rings is 1. The number of aryl methyl sites for hydroxylation is 1. The van der Waals surface area contributed by atoms with E-state index in [-0.39, 0.29) is 5.41 Å². The van der Waals surface area contributed by atoms with Gasteiger partial charge in [0.05, 0.1) is 0 Å². The Morgan fingerprint density at radius 1 is 1.10 bits per heavy atom. The normalized spacial score (nSPS) is 11.5. The van der Waals surface area contributed by atoms with Gasteiger partial charge in [-0.15, -0.1) is 0 Å². The van der Waals surface area contributed by atoms with Gasteiger partial charge in [0.15, 0.2) is 0 Å². The Labute approximate surface area is 127 Å². The van der Waals surface area contributed by atoms with Crippen molar-refractivity contribution in [3.05, 3.63) is 53.2 Å². The molecule has 1 aromatic heterocycles. The van der Waals surface area contributed by atoms with Crippen LogP contribution >= 0.6 is 0 Å². The number of benzene rings is 1. The molecular formula is C18H24N2O. The number of nitrogens with zero attached hydrogens (tertiary/aromatic N) is 1. The molecule has 0 aliphatic rings. The molecular weight excluding hydrogens is 260 g/mol. The minimum Gasteiger partial charge on any atom is -0.439 e. The average molecular weight is 284 g/mol. The molecule has 0 saturated heterocycles. The van der Waals surface area contributed by atoms with Gasteiger partial charge in [-0.3, -0.25) is 0 Å². The highest BCUT2D eigenvalue weighted by Crippen LogP contribution is 2.30. The van der Waals surface area contributed by atoms with Gasteiger partial charge in [0, 0.05) is 17.8 Å². The first kappa shape index (κ1) is 15.5. The Balaban J connectivity index is 2.23. The highest BCUT2D eigenvalue weighted by molar-refractivity contribution is 5.36. The molecule has 3 heteroatoms. The second-order valence-corrected chi connectivity index (χ2v) is 5.98. The van der Waals surface area contributed by atoms with Crippen molar-refractivity contribution in [1.29, 1.82) is 0 Å². The fraction of sp³-hybridized carbons (Fsp3) is 0.389. The van der Waals surface area contributed by atoms with E-state index < -0.39 is 0 Å². The molecule has 21 heavy (non-hydrogen) atoms. The lowest BCUT2D eigenvalue weighted by molar-refractivity contribution is 0.453. The van der Waals surface area contributed by atoms with Gasteiger partial charge in [-0.25, -0.2) is 4.98 Å². The maximum Gasteiger partial charge on any atom is 0.223 e. The summed E-state index contributed by atoms with van der Waals surface area (Å²) in [6.45, 7) is 9.06. The van der Waals surface area contributed by atoms with E-state index in [9.17, 15) is 0 Å². The summed E-state index contributed by atoms with van der Waals surface area (Å²) in [5.41, 5.74) is 9.07. The second kappa shape index (κ2) is 6.27. The number of ether oxygens (including phenoxy) is 1. The third kappa shape index (κ3) is 3.61. The molecule has 0 unspecified atom stereocenters. The summed E-state index contributed by atoms with van der Waals surface area (Å²) in [6, 6.07) is 12.1. The molecule has 1 heterocycles. The Hall–Kier alpha value is -1.87. The van der Waals surface area contributed by atoms with Crippen LogP contribution < -0.4 is 10.5 Å². The molecule has 0 aliphatic heterocycles. The summed E-state index contributed by atoms with van der Waals surface area (Å²) in [5.74, 6) is 1.39. The molecule has 1 aromatic carbocycles. The monoisotopic (exact) mass is 284 g/mol. The first-order chi connectivity index (χ1) is 9.96. The summed E-state index contributed by atoms with van der Waals surface area (Å²) in [4.78, 5) is 4.42. The second-order valence-electron chi connectivity index (χ2n) is 5.98. The Kier molecular flexibility index (Phi) is 4.63. The van der Waals surface area contributed by atoms with Crippen LogP contribution in [0, 0.1) is 6.92 Å². The highest BCUT2D eigenvalue weighted by atomic mass is 16.5. The average Bonchev–Trinajstić information content (AvgIpc) is 2.48. The van der Waals surface area contributed by atoms with Crippen LogP contribution in [0.3, 0.4) is 0 Å². The summed E-state index contributed by atoms with van der Waals surface area (Å²) >= 11 is 0. The largest absolute Gasteiger partial charge is 0.439 e. The predicted molar refractivity (Wildman–Crippen MR) is 86.7 cm³/mol. The van der Waals surface area contributed by atoms with Crippen LogP contribution in [0.4, 0.5) is 0 Å². The van der Waals surface area contributed by atoms with Crippen LogP contribution in [-0.4, -0.2) is 4.98 Å². The number of rotatable bonds is 5. The molecule has 2 rings (SSSR count). The summed E-state index contributed by atoms with van der Waals surface area (Å²) in [7, 11) is 0. The maximum absolute atomic E-state index is 5.89. The highest BCUT2D eigenvalue weighted by Gasteiger charge is 2.17. The number of hydrogen-bond acceptors (Lipinski definition) is 3. The SMILES string of the molecule is CCC(C)(C)c1ccc(Oc2nc(C)ccc2CN)cc1. The predicted octanol–water partition coefficient (Wildman–Crippen LogP) is 4.33. The van der Waals surface area contributed by atoms with Crippen LogP contribution in [0.5, 0.6) is 11.6 Å². The van der Waals surface area contributed by atoms with Gasteiger partial charge in [-0.05, 0) is 42.5 Å². The summed E-state index contributed by atoms with van der Waals surface area (Å²) in [5, 5.41) is 0. The lowest BCUT2D eigenvalue weighted by Gasteiger charge is -2.23. The smallest absolute Gasteiger partial charge is 0.223 e. The van der Waals surface area contributed by atoms with Crippen molar-refractivity contribution in [3.8, 4) is 11.6 Å². The minimum absolute atomic E-state index is 0.183. The van der Waals surface area contributed by atoms with Crippen LogP contribution in [0.1, 0.15) is 44.0 Å². The van der Waals surface area contributed by atoms with Crippen molar-refractivity contribution >= 4 is 0 Å². The van der Waals surface area contributed by atoms with Gasteiger partial charge in [0.25, 0.3) is 0 Å². The van der Waals surface area contributed by atoms with Crippen LogP contribution in [0.25, 0.3) is 0 Å². The molecule has 3 nitrogen and oxygen atoms in total. The van der Waals surface area contributed by atoms with E-state index >= 15 is 0 Å². The summed E-state index contributed by atoms with van der Waals surface area (Å²) in [6.07, 6.45) is 1.10. The van der Waals surface area contributed by atoms with Gasteiger partial charge in [0.1, 0.15) is 5.75 Å². The van der Waals surface area contributed by atoms with Crippen molar-refractivity contribution in [2.24, 2.45) is 5.73 Å². The molecule has 112 valence electrons. The van der Waals surface area contributed by atoms with E-state index in [1.165, 1.54) is 5.56 Å². The Bertz CT molecular complexity index is 603. The maximum atomic E-state index is 5.89. The molecule has 0 saturated carbocycles. The summed E-state index contributed by atoms with van der Waals surface area (Å²) < 4.78 is 5.89. The third-order valence-electron chi connectivity index (χ3n) is 4.03. The van der Waals surface area contributed by atoms with Gasteiger partial charge >= 0.3 is 0 Å². The Morgan fingerprint density at radius 3 is 2.33 bits per heavy atom. The fourth-order valence-corrected chi connectivity index (χ4v) is 2.10. The van der Waals surface area contributed by atoms with Crippen molar-refractivity contribution in [1.82, 2.24) is 4.98 Å². The zero-order chi connectivity index (χ0) is 15.5. The molecule has 2 N–H and O–H groups in total. The van der Waals surface area contributed by atoms with Crippen LogP contribution in [0.2, 0.25) is 0 Å². The van der Waals surface area contributed by atoms with E-state index in [2.05, 4.69) is 37.9 Å². The molecule has 0 aliphatic carbocycles. The van der Waals surface area contributed by atoms with Gasteiger partial charge in [-0.2, -0.15) is 0 Å². The lowest BCUT2D eigenvalue weighted by atomic mass is 9.82. The lowest BCUT2D eigenvalue weighted by Crippen LogP contribution is -2.14. The van der Waals surface area contributed by atoms with E-state index in [0.29, 0.717) is 12.4 Å². The number of nitrogens with two attached hydrogens (primary N) is 1. The van der Waals surface area contributed by atoms with Crippen molar-refractivity contribution in [3.63, 3.8) is 0 Å². The van der Waals surface area contributed by atoms with E-state index in [4.69, 9.17) is 10.5 Å². The zero-order valence-electron chi connectivity index (χ0n) is 13.3. The van der Waals surface area contributed by atoms with Gasteiger partial charge in [-0.1, -0.05) is 39.0 Å². The van der Waals surface area contributed by atoms with Crippen molar-refractivity contribution in [2.75, 3.05) is 0 Å². The van der Waals surface area contributed by atoms with Crippen LogP contribution in [0.15, 0.2) is 36.4 Å². The third-order valence-corrected chi connectivity index (χ3v) is 4.03. The van der Waals surface area contributed by atoms with E-state index in [1.54, 1.807) is 0 Å². The van der Waals surface area contributed by atoms with E-state index in [0.717, 1.165) is 23.4 Å². The first-order valence-electron chi connectivity index (χ1n) is 7.41. The van der Waals surface area contributed by atoms with Gasteiger partial charge in [0.2, 0.25) is 5.88 Å². The quantitative estimate of drug-likeness (QED) is 0.889. The molecule has 2 aromatic rings. The molecule has 0 fully saturated rings. The van der Waals surface area contributed by atoms with Crippen molar-refractivity contribution in [2.45, 2.75) is 46.1 Å². The first-order valence-corrected chi connectivity index (χ1v) is 7.41. The number of aromatic nitrogens is 1.